The summed E-state index contributed by atoms with van der Waals surface area (Å²) < 4.78 is 0. The number of amides is 2. The van der Waals surface area contributed by atoms with Gasteiger partial charge in [0, 0.05) is 24.7 Å². The number of hydrogen-bond acceptors (Lipinski definition) is 5. The van der Waals surface area contributed by atoms with Gasteiger partial charge in [0.2, 0.25) is 11.8 Å². The molecule has 150 valence electrons. The van der Waals surface area contributed by atoms with Gasteiger partial charge in [0.15, 0.2) is 5.13 Å². The number of likely N-dealkylation sites (tertiary alicyclic amines) is 1. The summed E-state index contributed by atoms with van der Waals surface area (Å²) in [7, 11) is 0. The maximum Gasteiger partial charge on any atom is 0.244 e. The summed E-state index contributed by atoms with van der Waals surface area (Å²) in [5.74, 6) is -0.164. The first kappa shape index (κ1) is 20.5. The van der Waals surface area contributed by atoms with Crippen molar-refractivity contribution in [3.8, 4) is 0 Å². The molecule has 1 aromatic heterocycles. The summed E-state index contributed by atoms with van der Waals surface area (Å²) in [5, 5.41) is 5.32. The molecule has 1 aliphatic heterocycles. The van der Waals surface area contributed by atoms with Gasteiger partial charge in [0.25, 0.3) is 0 Å². The molecule has 28 heavy (non-hydrogen) atoms. The van der Waals surface area contributed by atoms with Crippen LogP contribution < -0.4 is 5.32 Å². The molecule has 0 spiro atoms. The average molecular weight is 401 g/mol. The lowest BCUT2D eigenvalue weighted by Crippen LogP contribution is -2.48. The molecular weight excluding hydrogens is 372 g/mol. The van der Waals surface area contributed by atoms with Crippen LogP contribution in [0.5, 0.6) is 0 Å². The first-order valence-corrected chi connectivity index (χ1v) is 10.8. The van der Waals surface area contributed by atoms with Crippen molar-refractivity contribution < 1.29 is 9.59 Å². The molecule has 2 heterocycles. The zero-order valence-electron chi connectivity index (χ0n) is 16.5. The Labute approximate surface area is 170 Å². The smallest absolute Gasteiger partial charge is 0.244 e. The summed E-state index contributed by atoms with van der Waals surface area (Å²) in [6.07, 6.45) is 3.30. The fourth-order valence-electron chi connectivity index (χ4n) is 3.79. The maximum atomic E-state index is 13.5. The van der Waals surface area contributed by atoms with Crippen molar-refractivity contribution in [1.82, 2.24) is 14.8 Å². The molecule has 1 saturated heterocycles. The molecule has 0 radical (unpaired) electrons. The molecule has 2 unspecified atom stereocenters. The number of nitrogens with one attached hydrogen (secondary N) is 1. The van der Waals surface area contributed by atoms with Crippen molar-refractivity contribution in [2.24, 2.45) is 5.92 Å². The minimum absolute atomic E-state index is 0.0495. The van der Waals surface area contributed by atoms with E-state index in [-0.39, 0.29) is 23.8 Å². The molecule has 1 N–H and O–H groups in total. The number of likely N-dealkylation sites (N-methyl/N-ethyl adjacent to an activating group) is 1. The normalized spacial score (nSPS) is 18.1. The van der Waals surface area contributed by atoms with Crippen molar-refractivity contribution >= 4 is 28.3 Å². The molecule has 0 aliphatic carbocycles. The minimum Gasteiger partial charge on any atom is -0.340 e. The van der Waals surface area contributed by atoms with Gasteiger partial charge < -0.3 is 10.2 Å². The number of carbonyl (C=O) groups excluding carboxylic acids is 2. The van der Waals surface area contributed by atoms with Crippen molar-refractivity contribution in [3.63, 3.8) is 0 Å². The largest absolute Gasteiger partial charge is 0.340 e. The molecule has 2 atom stereocenters. The fourth-order valence-corrected chi connectivity index (χ4v) is 4.32. The number of carbonyl (C=O) groups is 2. The Morgan fingerprint density at radius 3 is 2.68 bits per heavy atom. The first-order chi connectivity index (χ1) is 13.6. The van der Waals surface area contributed by atoms with E-state index in [9.17, 15) is 9.59 Å². The van der Waals surface area contributed by atoms with Crippen LogP contribution in [-0.2, 0) is 9.59 Å². The van der Waals surface area contributed by atoms with E-state index in [1.54, 1.807) is 6.20 Å². The monoisotopic (exact) mass is 400 g/mol. The number of thiazole rings is 1. The van der Waals surface area contributed by atoms with Gasteiger partial charge in [0.05, 0.1) is 5.92 Å². The quantitative estimate of drug-likeness (QED) is 0.774. The number of rotatable bonds is 7. The standard InChI is InChI=1S/C21H28N4O2S/c1-3-24(4-2)18(16-9-6-5-7-10-16)20(27)25-13-8-11-17(15-25)19(26)23-21-22-12-14-28-21/h5-7,9-10,12,14,17-18H,3-4,8,11,13,15H2,1-2H3,(H,22,23,26). The van der Waals surface area contributed by atoms with Crippen LogP contribution in [-0.4, -0.2) is 52.8 Å². The van der Waals surface area contributed by atoms with Crippen LogP contribution in [0.15, 0.2) is 41.9 Å². The maximum absolute atomic E-state index is 13.5. The molecule has 0 bridgehead atoms. The highest BCUT2D eigenvalue weighted by Gasteiger charge is 2.34. The number of nitrogens with zero attached hydrogens (tertiary/aromatic N) is 3. The Balaban J connectivity index is 1.74. The zero-order valence-corrected chi connectivity index (χ0v) is 17.3. The number of hydrogen-bond donors (Lipinski definition) is 1. The van der Waals surface area contributed by atoms with E-state index in [1.807, 2.05) is 40.6 Å². The second-order valence-corrected chi connectivity index (χ2v) is 7.88. The summed E-state index contributed by atoms with van der Waals surface area (Å²) in [6.45, 7) is 6.90. The van der Waals surface area contributed by atoms with Gasteiger partial charge in [-0.25, -0.2) is 4.98 Å². The second-order valence-electron chi connectivity index (χ2n) is 6.98. The van der Waals surface area contributed by atoms with E-state index < -0.39 is 0 Å². The van der Waals surface area contributed by atoms with Gasteiger partial charge in [-0.05, 0) is 31.5 Å². The Bertz CT molecular complexity index is 762. The lowest BCUT2D eigenvalue weighted by atomic mass is 9.95. The molecule has 2 aromatic rings. The predicted octanol–water partition coefficient (Wildman–Crippen LogP) is 3.40. The fraction of sp³-hybridized carbons (Fsp3) is 0.476. The van der Waals surface area contributed by atoms with Gasteiger partial charge >= 0.3 is 0 Å². The molecule has 1 aromatic carbocycles. The Hall–Kier alpha value is -2.25. The van der Waals surface area contributed by atoms with Crippen molar-refractivity contribution in [3.05, 3.63) is 47.5 Å². The minimum atomic E-state index is -0.308. The third-order valence-corrected chi connectivity index (χ3v) is 5.98. The third kappa shape index (κ3) is 4.77. The predicted molar refractivity (Wildman–Crippen MR) is 112 cm³/mol. The van der Waals surface area contributed by atoms with Crippen LogP contribution in [0, 0.1) is 5.92 Å². The van der Waals surface area contributed by atoms with Gasteiger partial charge in [-0.2, -0.15) is 0 Å². The Morgan fingerprint density at radius 2 is 2.04 bits per heavy atom. The lowest BCUT2D eigenvalue weighted by Gasteiger charge is -2.37. The van der Waals surface area contributed by atoms with Crippen LogP contribution >= 0.6 is 11.3 Å². The van der Waals surface area contributed by atoms with Crippen molar-refractivity contribution in [1.29, 1.82) is 0 Å². The van der Waals surface area contributed by atoms with Gasteiger partial charge in [0.1, 0.15) is 6.04 Å². The molecule has 6 nitrogen and oxygen atoms in total. The van der Waals surface area contributed by atoms with Crippen LogP contribution in [0.2, 0.25) is 0 Å². The highest BCUT2D eigenvalue weighted by atomic mass is 32.1. The van der Waals surface area contributed by atoms with E-state index in [0.29, 0.717) is 18.2 Å². The molecule has 2 amide bonds. The van der Waals surface area contributed by atoms with Gasteiger partial charge in [-0.1, -0.05) is 44.2 Å². The van der Waals surface area contributed by atoms with Gasteiger partial charge in [-0.15, -0.1) is 11.3 Å². The van der Waals surface area contributed by atoms with Crippen LogP contribution in [0.1, 0.15) is 38.3 Å². The van der Waals surface area contributed by atoms with Crippen molar-refractivity contribution in [2.45, 2.75) is 32.7 Å². The number of anilines is 1. The lowest BCUT2D eigenvalue weighted by molar-refractivity contribution is -0.140. The van der Waals surface area contributed by atoms with Crippen LogP contribution in [0.4, 0.5) is 5.13 Å². The highest BCUT2D eigenvalue weighted by Crippen LogP contribution is 2.27. The molecule has 3 rings (SSSR count). The van der Waals surface area contributed by atoms with E-state index in [0.717, 1.165) is 31.5 Å². The number of piperidine rings is 1. The molecule has 7 heteroatoms. The molecular formula is C21H28N4O2S. The van der Waals surface area contributed by atoms with Crippen molar-refractivity contribution in [2.75, 3.05) is 31.5 Å². The SMILES string of the molecule is CCN(CC)C(C(=O)N1CCCC(C(=O)Nc2nccs2)C1)c1ccccc1. The second kappa shape index (κ2) is 9.80. The summed E-state index contributed by atoms with van der Waals surface area (Å²) in [6, 6.07) is 9.62. The Morgan fingerprint density at radius 1 is 1.29 bits per heavy atom. The number of aromatic nitrogens is 1. The molecule has 1 aliphatic rings. The molecule has 0 saturated carbocycles. The summed E-state index contributed by atoms with van der Waals surface area (Å²) in [5.41, 5.74) is 1.01. The topological polar surface area (TPSA) is 65.5 Å². The molecule has 1 fully saturated rings. The number of benzene rings is 1. The van der Waals surface area contributed by atoms with E-state index in [2.05, 4.69) is 29.0 Å². The van der Waals surface area contributed by atoms with E-state index >= 15 is 0 Å². The summed E-state index contributed by atoms with van der Waals surface area (Å²) >= 11 is 1.40. The van der Waals surface area contributed by atoms with E-state index in [1.165, 1.54) is 11.3 Å². The highest BCUT2D eigenvalue weighted by molar-refractivity contribution is 7.13. The van der Waals surface area contributed by atoms with Crippen LogP contribution in [0.25, 0.3) is 0 Å². The zero-order chi connectivity index (χ0) is 19.9. The first-order valence-electron chi connectivity index (χ1n) is 9.92. The van der Waals surface area contributed by atoms with Gasteiger partial charge in [-0.3, -0.25) is 14.5 Å². The summed E-state index contributed by atoms with van der Waals surface area (Å²) in [4.78, 5) is 34.3. The van der Waals surface area contributed by atoms with Crippen LogP contribution in [0.3, 0.4) is 0 Å². The van der Waals surface area contributed by atoms with E-state index in [4.69, 9.17) is 0 Å². The Kier molecular flexibility index (Phi) is 7.17. The third-order valence-electron chi connectivity index (χ3n) is 5.29. The average Bonchev–Trinajstić information content (AvgIpc) is 3.25.